The molecule has 0 amide bonds. The number of quaternary nitrogens is 1. The van der Waals surface area contributed by atoms with Crippen LogP contribution in [0, 0.1) is 46.3 Å². The highest BCUT2D eigenvalue weighted by Gasteiger charge is 2.59. The van der Waals surface area contributed by atoms with Crippen molar-refractivity contribution in [2.75, 3.05) is 41.1 Å². The summed E-state index contributed by atoms with van der Waals surface area (Å²) in [4.78, 5) is 11.9. The third-order valence-electron chi connectivity index (χ3n) is 12.5. The molecule has 6 nitrogen and oxygen atoms in total. The number of rotatable bonds is 17. The van der Waals surface area contributed by atoms with Crippen LogP contribution in [0.4, 0.5) is 0 Å². The van der Waals surface area contributed by atoms with Gasteiger partial charge >= 0.3 is 0 Å². The monoisotopic (exact) mass is 637 g/mol. The number of allylic oxidation sites excluding steroid dienone is 1. The summed E-state index contributed by atoms with van der Waals surface area (Å²) in [6, 6.07) is 0. The van der Waals surface area contributed by atoms with E-state index in [0.717, 1.165) is 74.2 Å². The first-order valence-corrected chi connectivity index (χ1v) is 19.8. The van der Waals surface area contributed by atoms with Gasteiger partial charge in [0.1, 0.15) is 0 Å². The summed E-state index contributed by atoms with van der Waals surface area (Å²) in [7, 11) is 1.41. The predicted octanol–water partition coefficient (Wildman–Crippen LogP) is 9.14. The first-order chi connectivity index (χ1) is 20.6. The lowest BCUT2D eigenvalue weighted by molar-refractivity contribution is -0.887. The molecule has 0 radical (unpaired) electrons. The molecule has 0 spiro atoms. The molecule has 0 heterocycles. The van der Waals surface area contributed by atoms with Crippen molar-refractivity contribution in [3.05, 3.63) is 11.6 Å². The maximum Gasteiger partial charge on any atom is 0.272 e. The van der Waals surface area contributed by atoms with Crippen LogP contribution in [-0.2, 0) is 18.3 Å². The summed E-state index contributed by atoms with van der Waals surface area (Å²) in [6.45, 7) is 13.7. The van der Waals surface area contributed by atoms with Gasteiger partial charge in [0, 0.05) is 6.61 Å². The Morgan fingerprint density at radius 3 is 2.34 bits per heavy atom. The molecule has 1 unspecified atom stereocenters. The molecule has 256 valence electrons. The zero-order valence-corrected chi connectivity index (χ0v) is 30.7. The lowest BCUT2D eigenvalue weighted by Gasteiger charge is -2.58. The largest absolute Gasteiger partial charge is 0.756 e. The lowest BCUT2D eigenvalue weighted by Crippen LogP contribution is -2.51. The number of unbranched alkanes of at least 4 members (excludes halogenated alkanes) is 3. The van der Waals surface area contributed by atoms with Gasteiger partial charge in [-0.15, -0.1) is 0 Å². The van der Waals surface area contributed by atoms with E-state index in [9.17, 15) is 9.46 Å². The van der Waals surface area contributed by atoms with E-state index in [2.05, 4.69) is 40.7 Å². The SMILES string of the molecule is CC(C)CCC[C@@H](C)[C@H]1CC[C@H]2[C@@H]3CC=C4C[C@@H](OCCCCCCOP(=O)([O-])OC[N+](C)(C)C)CC[C@]4(C)[C@H]3CC[C@]12C. The summed E-state index contributed by atoms with van der Waals surface area (Å²) >= 11 is 0. The Kier molecular flexibility index (Phi) is 12.8. The predicted molar refractivity (Wildman–Crippen MR) is 179 cm³/mol. The minimum absolute atomic E-state index is 0.0784. The molecule has 4 rings (SSSR count). The third kappa shape index (κ3) is 9.22. The zero-order chi connectivity index (χ0) is 32.2. The molecule has 3 fully saturated rings. The number of ether oxygens (including phenoxy) is 1. The van der Waals surface area contributed by atoms with Gasteiger partial charge in [-0.3, -0.25) is 9.09 Å². The second-order valence-corrected chi connectivity index (χ2v) is 18.7. The Balaban J connectivity index is 1.18. The van der Waals surface area contributed by atoms with Gasteiger partial charge in [0.25, 0.3) is 7.82 Å². The molecule has 0 saturated heterocycles. The summed E-state index contributed by atoms with van der Waals surface area (Å²) in [5.74, 6) is 5.30. The third-order valence-corrected chi connectivity index (χ3v) is 13.4. The molecule has 0 N–H and O–H groups in total. The van der Waals surface area contributed by atoms with Crippen LogP contribution in [0.3, 0.4) is 0 Å². The highest BCUT2D eigenvalue weighted by atomic mass is 31.2. The van der Waals surface area contributed by atoms with Gasteiger partial charge in [-0.05, 0) is 111 Å². The van der Waals surface area contributed by atoms with Gasteiger partial charge < -0.3 is 18.6 Å². The first-order valence-electron chi connectivity index (χ1n) is 18.4. The fraction of sp³-hybridized carbons (Fsp3) is 0.946. The van der Waals surface area contributed by atoms with Gasteiger partial charge in [-0.2, -0.15) is 0 Å². The van der Waals surface area contributed by atoms with Crippen molar-refractivity contribution in [3.8, 4) is 0 Å². The van der Waals surface area contributed by atoms with E-state index in [0.29, 0.717) is 21.4 Å². The van der Waals surface area contributed by atoms with Gasteiger partial charge in [-0.25, -0.2) is 0 Å². The molecule has 9 atom stereocenters. The minimum atomic E-state index is -4.21. The van der Waals surface area contributed by atoms with E-state index >= 15 is 0 Å². The maximum absolute atomic E-state index is 11.9. The van der Waals surface area contributed by atoms with Crippen molar-refractivity contribution in [1.29, 1.82) is 0 Å². The molecule has 0 aromatic carbocycles. The molecule has 4 aliphatic rings. The summed E-state index contributed by atoms with van der Waals surface area (Å²) < 4.78 is 28.7. The van der Waals surface area contributed by atoms with Crippen LogP contribution in [0.25, 0.3) is 0 Å². The second kappa shape index (κ2) is 15.3. The number of hydrogen-bond donors (Lipinski definition) is 0. The van der Waals surface area contributed by atoms with E-state index in [-0.39, 0.29) is 13.3 Å². The standard InChI is InChI=1S/C37H68NO5P/c1-28(2)14-13-15-29(3)33-18-19-34-32-17-16-30-26-31(20-22-36(30,4)35(32)21-23-37(33,34)5)41-24-11-9-10-12-25-42-44(39,40)43-27-38(6,7)8/h16,28-29,31-35H,9-15,17-27H2,1-8H3/t29-,31+,32+,33-,34+,35+,36+,37-/m1/s1. The van der Waals surface area contributed by atoms with Crippen molar-refractivity contribution in [2.24, 2.45) is 46.3 Å². The van der Waals surface area contributed by atoms with Crippen LogP contribution < -0.4 is 4.89 Å². The molecular weight excluding hydrogens is 569 g/mol. The highest BCUT2D eigenvalue weighted by molar-refractivity contribution is 7.45. The maximum atomic E-state index is 11.9. The van der Waals surface area contributed by atoms with Crippen molar-refractivity contribution < 1.29 is 27.7 Å². The van der Waals surface area contributed by atoms with Crippen LogP contribution in [0.15, 0.2) is 11.6 Å². The van der Waals surface area contributed by atoms with E-state index in [1.54, 1.807) is 5.57 Å². The average Bonchev–Trinajstić information content (AvgIpc) is 3.30. The van der Waals surface area contributed by atoms with E-state index in [1.807, 2.05) is 21.1 Å². The summed E-state index contributed by atoms with van der Waals surface area (Å²) in [5, 5.41) is 0. The van der Waals surface area contributed by atoms with Crippen molar-refractivity contribution >= 4 is 7.82 Å². The molecule has 0 aromatic rings. The van der Waals surface area contributed by atoms with Crippen molar-refractivity contribution in [1.82, 2.24) is 0 Å². The van der Waals surface area contributed by atoms with Crippen LogP contribution in [0.2, 0.25) is 0 Å². The quantitative estimate of drug-likeness (QED) is 0.0523. The lowest BCUT2D eigenvalue weighted by atomic mass is 9.47. The highest BCUT2D eigenvalue weighted by Crippen LogP contribution is 2.67. The van der Waals surface area contributed by atoms with Gasteiger partial charge in [0.05, 0.1) is 33.9 Å². The first kappa shape index (κ1) is 36.6. The molecular formula is C37H68NO5P. The van der Waals surface area contributed by atoms with Gasteiger partial charge in [-0.1, -0.05) is 78.4 Å². The Bertz CT molecular complexity index is 993. The van der Waals surface area contributed by atoms with Crippen molar-refractivity contribution in [3.63, 3.8) is 0 Å². The molecule has 0 aromatic heterocycles. The van der Waals surface area contributed by atoms with E-state index in [4.69, 9.17) is 13.8 Å². The number of phosphoric ester groups is 1. The van der Waals surface area contributed by atoms with Crippen LogP contribution in [0.5, 0.6) is 0 Å². The van der Waals surface area contributed by atoms with Crippen LogP contribution in [-0.4, -0.2) is 51.7 Å². The van der Waals surface area contributed by atoms with Gasteiger partial charge in [0.2, 0.25) is 0 Å². The molecule has 0 aliphatic heterocycles. The number of hydrogen-bond acceptors (Lipinski definition) is 5. The Hall–Kier alpha value is -0.230. The second-order valence-electron chi connectivity index (χ2n) is 17.3. The van der Waals surface area contributed by atoms with E-state index < -0.39 is 7.82 Å². The van der Waals surface area contributed by atoms with Crippen LogP contribution >= 0.6 is 7.82 Å². The smallest absolute Gasteiger partial charge is 0.272 e. The molecule has 0 bridgehead atoms. The molecule has 3 saturated carbocycles. The zero-order valence-electron chi connectivity index (χ0n) is 29.8. The van der Waals surface area contributed by atoms with Gasteiger partial charge in [0.15, 0.2) is 6.73 Å². The molecule has 4 aliphatic carbocycles. The number of nitrogens with zero attached hydrogens (tertiary/aromatic N) is 1. The fourth-order valence-corrected chi connectivity index (χ4v) is 11.0. The number of fused-ring (bicyclic) bond motifs is 5. The van der Waals surface area contributed by atoms with Crippen LogP contribution in [0.1, 0.15) is 131 Å². The summed E-state index contributed by atoms with van der Waals surface area (Å²) in [6.07, 6.45) is 21.7. The molecule has 7 heteroatoms. The Labute approximate surface area is 271 Å². The summed E-state index contributed by atoms with van der Waals surface area (Å²) in [5.41, 5.74) is 2.64. The van der Waals surface area contributed by atoms with E-state index in [1.165, 1.54) is 64.2 Å². The molecule has 44 heavy (non-hydrogen) atoms. The number of phosphoric acid groups is 1. The van der Waals surface area contributed by atoms with Crippen molar-refractivity contribution in [2.45, 2.75) is 137 Å². The topological polar surface area (TPSA) is 67.8 Å². The average molecular weight is 638 g/mol. The minimum Gasteiger partial charge on any atom is -0.756 e. The normalized spacial score (nSPS) is 35.9. The Morgan fingerprint density at radius 2 is 1.64 bits per heavy atom. The fourth-order valence-electron chi connectivity index (χ4n) is 10.1. The Morgan fingerprint density at radius 1 is 0.909 bits per heavy atom.